The summed E-state index contributed by atoms with van der Waals surface area (Å²) in [6, 6.07) is 0. The number of hydrogen-bond acceptors (Lipinski definition) is 4. The van der Waals surface area contributed by atoms with Crippen molar-refractivity contribution < 1.29 is 19.1 Å². The Morgan fingerprint density at radius 1 is 0.667 bits per heavy atom. The van der Waals surface area contributed by atoms with E-state index in [-0.39, 0.29) is 11.9 Å². The van der Waals surface area contributed by atoms with Crippen LogP contribution in [0.2, 0.25) is 0 Å². The molecule has 0 unspecified atom stereocenters. The predicted molar refractivity (Wildman–Crippen MR) is 99.8 cm³/mol. The van der Waals surface area contributed by atoms with Crippen LogP contribution in [0.5, 0.6) is 0 Å². The Labute approximate surface area is 148 Å². The number of ether oxygens (including phenoxy) is 2. The first-order valence-electron chi connectivity index (χ1n) is 9.20. The second kappa shape index (κ2) is 21.4. The van der Waals surface area contributed by atoms with Gasteiger partial charge in [0, 0.05) is 12.2 Å². The molecular formula is C20H36O4. The molecule has 0 amide bonds. The highest BCUT2D eigenvalue weighted by molar-refractivity contribution is 5.81. The van der Waals surface area contributed by atoms with E-state index < -0.39 is 0 Å². The first-order chi connectivity index (χ1) is 11.6. The van der Waals surface area contributed by atoms with E-state index in [1.54, 1.807) is 0 Å². The summed E-state index contributed by atoms with van der Waals surface area (Å²) in [6.07, 6.45) is 14.2. The molecular weight excluding hydrogens is 304 g/mol. The summed E-state index contributed by atoms with van der Waals surface area (Å²) >= 11 is 0. The number of unbranched alkanes of at least 4 members (excludes halogenated alkanes) is 8. The van der Waals surface area contributed by atoms with Crippen LogP contribution in [0.3, 0.4) is 0 Å². The molecule has 0 fully saturated rings. The highest BCUT2D eigenvalue weighted by atomic mass is 16.5. The molecule has 0 atom stereocenters. The smallest absolute Gasteiger partial charge is 0.330 e. The van der Waals surface area contributed by atoms with Crippen molar-refractivity contribution in [2.75, 3.05) is 13.2 Å². The van der Waals surface area contributed by atoms with Gasteiger partial charge in [0.05, 0.1) is 13.2 Å². The lowest BCUT2D eigenvalue weighted by atomic mass is 10.1. The topological polar surface area (TPSA) is 52.6 Å². The van der Waals surface area contributed by atoms with E-state index in [9.17, 15) is 9.59 Å². The molecule has 0 aliphatic heterocycles. The zero-order valence-corrected chi connectivity index (χ0v) is 15.7. The van der Waals surface area contributed by atoms with Crippen LogP contribution >= 0.6 is 0 Å². The van der Waals surface area contributed by atoms with Gasteiger partial charge in [0.15, 0.2) is 0 Å². The second-order valence-corrected chi connectivity index (χ2v) is 5.57. The summed E-state index contributed by atoms with van der Waals surface area (Å²) in [5, 5.41) is 0. The van der Waals surface area contributed by atoms with Crippen molar-refractivity contribution in [1.29, 1.82) is 0 Å². The lowest BCUT2D eigenvalue weighted by Crippen LogP contribution is -2.01. The first-order valence-corrected chi connectivity index (χ1v) is 9.20. The first kappa shape index (κ1) is 24.7. The third kappa shape index (κ3) is 22.7. The third-order valence-electron chi connectivity index (χ3n) is 3.32. The Hall–Kier alpha value is -1.58. The van der Waals surface area contributed by atoms with E-state index >= 15 is 0 Å². The fourth-order valence-corrected chi connectivity index (χ4v) is 1.87. The molecule has 24 heavy (non-hydrogen) atoms. The van der Waals surface area contributed by atoms with Crippen LogP contribution in [-0.4, -0.2) is 25.2 Å². The van der Waals surface area contributed by atoms with Gasteiger partial charge in [0.2, 0.25) is 0 Å². The molecule has 0 aromatic rings. The van der Waals surface area contributed by atoms with Crippen LogP contribution in [-0.2, 0) is 19.1 Å². The fraction of sp³-hybridized carbons (Fsp3) is 0.700. The quantitative estimate of drug-likeness (QED) is 0.242. The Kier molecular flexibility index (Phi) is 22.0. The molecule has 0 aliphatic carbocycles. The van der Waals surface area contributed by atoms with Gasteiger partial charge in [0.1, 0.15) is 0 Å². The van der Waals surface area contributed by atoms with E-state index in [0.717, 1.165) is 25.7 Å². The van der Waals surface area contributed by atoms with Gasteiger partial charge < -0.3 is 9.47 Å². The summed E-state index contributed by atoms with van der Waals surface area (Å²) in [6.45, 7) is 12.0. The van der Waals surface area contributed by atoms with Crippen molar-refractivity contribution in [3.05, 3.63) is 25.3 Å². The van der Waals surface area contributed by atoms with Crippen molar-refractivity contribution >= 4 is 11.9 Å². The van der Waals surface area contributed by atoms with Crippen LogP contribution < -0.4 is 0 Å². The van der Waals surface area contributed by atoms with Crippen molar-refractivity contribution in [3.63, 3.8) is 0 Å². The Balaban J connectivity index is 0. The Morgan fingerprint density at radius 2 is 1.00 bits per heavy atom. The van der Waals surface area contributed by atoms with Crippen LogP contribution in [0.15, 0.2) is 25.3 Å². The highest BCUT2D eigenvalue weighted by Gasteiger charge is 1.95. The summed E-state index contributed by atoms with van der Waals surface area (Å²) in [7, 11) is 0. The summed E-state index contributed by atoms with van der Waals surface area (Å²) in [5.41, 5.74) is 0. The highest BCUT2D eigenvalue weighted by Crippen LogP contribution is 2.04. The second-order valence-electron chi connectivity index (χ2n) is 5.57. The van der Waals surface area contributed by atoms with E-state index in [0.29, 0.717) is 13.2 Å². The molecule has 4 nitrogen and oxygen atoms in total. The Bertz CT molecular complexity index is 324. The normalized spacial score (nSPS) is 9.42. The molecule has 0 rings (SSSR count). The molecule has 0 aromatic carbocycles. The number of esters is 2. The van der Waals surface area contributed by atoms with Crippen molar-refractivity contribution in [2.45, 2.75) is 78.1 Å². The van der Waals surface area contributed by atoms with E-state index in [4.69, 9.17) is 9.47 Å². The number of rotatable bonds is 14. The Morgan fingerprint density at radius 3 is 1.38 bits per heavy atom. The minimum Gasteiger partial charge on any atom is -0.463 e. The number of hydrogen-bond donors (Lipinski definition) is 0. The molecule has 0 radical (unpaired) electrons. The molecule has 0 saturated heterocycles. The average molecular weight is 341 g/mol. The summed E-state index contributed by atoms with van der Waals surface area (Å²) in [5.74, 6) is -0.630. The van der Waals surface area contributed by atoms with Gasteiger partial charge in [-0.05, 0) is 12.8 Å². The van der Waals surface area contributed by atoms with E-state index in [2.05, 4.69) is 27.0 Å². The number of carbonyl (C=O) groups is 2. The zero-order valence-electron chi connectivity index (χ0n) is 15.7. The largest absolute Gasteiger partial charge is 0.463 e. The summed E-state index contributed by atoms with van der Waals surface area (Å²) < 4.78 is 9.62. The third-order valence-corrected chi connectivity index (χ3v) is 3.32. The molecule has 0 N–H and O–H groups in total. The lowest BCUT2D eigenvalue weighted by Gasteiger charge is -2.01. The monoisotopic (exact) mass is 340 g/mol. The van der Waals surface area contributed by atoms with Crippen molar-refractivity contribution in [3.8, 4) is 0 Å². The zero-order chi connectivity index (χ0) is 18.5. The van der Waals surface area contributed by atoms with Crippen LogP contribution in [0.25, 0.3) is 0 Å². The van der Waals surface area contributed by atoms with Crippen LogP contribution in [0.1, 0.15) is 78.1 Å². The standard InChI is InChI=1S/C11H20O2.C9H16O2/c1-3-5-6-7-8-9-10-13-11(12)4-2;1-3-5-6-7-8-11-9(10)4-2/h4H,2-3,5-10H2,1H3;4H,2-3,5-8H2,1H3. The van der Waals surface area contributed by atoms with Gasteiger partial charge in [-0.2, -0.15) is 0 Å². The molecule has 0 spiro atoms. The SMILES string of the molecule is C=CC(=O)OCCCCCC.C=CC(=O)OCCCCCCCC. The van der Waals surface area contributed by atoms with Crippen LogP contribution in [0, 0.1) is 0 Å². The average Bonchev–Trinajstić information content (AvgIpc) is 2.60. The number of carbonyl (C=O) groups excluding carboxylic acids is 2. The van der Waals surface area contributed by atoms with Gasteiger partial charge in [-0.3, -0.25) is 0 Å². The molecule has 0 bridgehead atoms. The molecule has 0 aromatic heterocycles. The van der Waals surface area contributed by atoms with Gasteiger partial charge >= 0.3 is 11.9 Å². The van der Waals surface area contributed by atoms with Crippen molar-refractivity contribution in [2.24, 2.45) is 0 Å². The molecule has 140 valence electrons. The molecule has 0 heterocycles. The van der Waals surface area contributed by atoms with Crippen molar-refractivity contribution in [1.82, 2.24) is 0 Å². The molecule has 4 heteroatoms. The molecule has 0 aliphatic rings. The van der Waals surface area contributed by atoms with E-state index in [1.807, 2.05) is 0 Å². The van der Waals surface area contributed by atoms with Gasteiger partial charge in [-0.15, -0.1) is 0 Å². The van der Waals surface area contributed by atoms with Crippen LogP contribution in [0.4, 0.5) is 0 Å². The summed E-state index contributed by atoms with van der Waals surface area (Å²) in [4.78, 5) is 21.1. The van der Waals surface area contributed by atoms with Gasteiger partial charge in [0.25, 0.3) is 0 Å². The van der Waals surface area contributed by atoms with Gasteiger partial charge in [-0.25, -0.2) is 9.59 Å². The maximum absolute atomic E-state index is 10.6. The lowest BCUT2D eigenvalue weighted by molar-refractivity contribution is -0.138. The van der Waals surface area contributed by atoms with E-state index in [1.165, 1.54) is 50.7 Å². The maximum Gasteiger partial charge on any atom is 0.330 e. The predicted octanol–water partition coefficient (Wildman–Crippen LogP) is 5.37. The van der Waals surface area contributed by atoms with Gasteiger partial charge in [-0.1, -0.05) is 78.4 Å². The fourth-order valence-electron chi connectivity index (χ4n) is 1.87. The molecule has 0 saturated carbocycles. The minimum absolute atomic E-state index is 0.312. The maximum atomic E-state index is 10.6. The minimum atomic E-state index is -0.318.